The number of hydrogen-bond donors (Lipinski definition) is 0. The molecular formula is C35H34O6. The Hall–Kier alpha value is -4.45. The fourth-order valence-electron chi connectivity index (χ4n) is 6.19. The Balaban J connectivity index is 1.55. The smallest absolute Gasteiger partial charge is 0.324 e. The van der Waals surface area contributed by atoms with E-state index in [2.05, 4.69) is 0 Å². The lowest BCUT2D eigenvalue weighted by Gasteiger charge is -2.38. The van der Waals surface area contributed by atoms with Gasteiger partial charge in [0, 0.05) is 0 Å². The zero-order valence-corrected chi connectivity index (χ0v) is 23.6. The van der Waals surface area contributed by atoms with Gasteiger partial charge in [-0.15, -0.1) is 0 Å². The van der Waals surface area contributed by atoms with Crippen LogP contribution in [-0.4, -0.2) is 25.0 Å². The minimum Gasteiger partial charge on any atom is -0.468 e. The maximum absolute atomic E-state index is 13.9. The zero-order valence-electron chi connectivity index (χ0n) is 23.6. The van der Waals surface area contributed by atoms with Crippen LogP contribution >= 0.6 is 0 Å². The van der Waals surface area contributed by atoms with E-state index in [4.69, 9.17) is 14.2 Å². The number of allylic oxidation sites excluding steroid dienone is 3. The minimum atomic E-state index is -1.57. The van der Waals surface area contributed by atoms with E-state index in [0.717, 1.165) is 39.0 Å². The van der Waals surface area contributed by atoms with Gasteiger partial charge in [0.15, 0.2) is 5.41 Å². The summed E-state index contributed by atoms with van der Waals surface area (Å²) in [5, 5.41) is 0. The molecule has 0 N–H and O–H groups in total. The average Bonchev–Trinajstić information content (AvgIpc) is 3.45. The third-order valence-corrected chi connectivity index (χ3v) is 8.47. The third-order valence-electron chi connectivity index (χ3n) is 8.47. The molecule has 6 nitrogen and oxygen atoms in total. The molecule has 2 aliphatic carbocycles. The van der Waals surface area contributed by atoms with Gasteiger partial charge in [-0.05, 0) is 66.5 Å². The highest BCUT2D eigenvalue weighted by Crippen LogP contribution is 2.56. The van der Waals surface area contributed by atoms with Crippen LogP contribution in [0.1, 0.15) is 49.8 Å². The first kappa shape index (κ1) is 28.1. The van der Waals surface area contributed by atoms with E-state index in [1.165, 1.54) is 7.11 Å². The molecule has 0 heterocycles. The van der Waals surface area contributed by atoms with Crippen LogP contribution < -0.4 is 0 Å². The number of methoxy groups -OCH3 is 1. The van der Waals surface area contributed by atoms with Crippen molar-refractivity contribution in [1.82, 2.24) is 0 Å². The monoisotopic (exact) mass is 550 g/mol. The van der Waals surface area contributed by atoms with Crippen molar-refractivity contribution in [2.75, 3.05) is 7.11 Å². The highest BCUT2D eigenvalue weighted by molar-refractivity contribution is 6.02. The summed E-state index contributed by atoms with van der Waals surface area (Å²) in [5.41, 5.74) is 3.27. The summed E-state index contributed by atoms with van der Waals surface area (Å²) < 4.78 is 16.9. The Morgan fingerprint density at radius 2 is 1.10 bits per heavy atom. The van der Waals surface area contributed by atoms with Crippen molar-refractivity contribution in [2.24, 2.45) is 5.41 Å². The predicted molar refractivity (Wildman–Crippen MR) is 154 cm³/mol. The highest BCUT2D eigenvalue weighted by atomic mass is 16.6. The second-order valence-electron chi connectivity index (χ2n) is 10.9. The first-order valence-corrected chi connectivity index (χ1v) is 13.8. The quantitative estimate of drug-likeness (QED) is 0.183. The highest BCUT2D eigenvalue weighted by Gasteiger charge is 2.58. The SMILES string of the molecule is COC(=O)[C@@]1(c2ccccc2)CC(C)=C2CC(C(=O)OCc3ccccc3)(C(=O)OCc3ccccc3)CC2=C1C. The van der Waals surface area contributed by atoms with Crippen LogP contribution in [0.2, 0.25) is 0 Å². The molecule has 0 radical (unpaired) electrons. The van der Waals surface area contributed by atoms with Gasteiger partial charge in [0.1, 0.15) is 18.6 Å². The number of fused-ring (bicyclic) bond motifs is 1. The van der Waals surface area contributed by atoms with Gasteiger partial charge in [-0.25, -0.2) is 0 Å². The minimum absolute atomic E-state index is 0.0412. The molecule has 0 unspecified atom stereocenters. The molecular weight excluding hydrogens is 516 g/mol. The summed E-state index contributed by atoms with van der Waals surface area (Å²) in [7, 11) is 1.39. The molecule has 0 spiro atoms. The predicted octanol–water partition coefficient (Wildman–Crippen LogP) is 6.40. The third kappa shape index (κ3) is 5.10. The van der Waals surface area contributed by atoms with Gasteiger partial charge >= 0.3 is 17.9 Å². The van der Waals surface area contributed by atoms with Crippen LogP contribution in [0.4, 0.5) is 0 Å². The summed E-state index contributed by atoms with van der Waals surface area (Å²) in [5.74, 6) is -1.63. The number of carbonyl (C=O) groups is 3. The molecule has 1 saturated carbocycles. The van der Waals surface area contributed by atoms with Crippen molar-refractivity contribution < 1.29 is 28.6 Å². The number of carbonyl (C=O) groups excluding carboxylic acids is 3. The van der Waals surface area contributed by atoms with E-state index in [0.29, 0.717) is 6.42 Å². The standard InChI is InChI=1S/C35H34O6/c1-24-19-35(33(38)39-3,28-17-11-6-12-18-28)25(2)30-21-34(20-29(24)30,31(36)40-22-26-13-7-4-8-14-26)32(37)41-23-27-15-9-5-10-16-27/h4-18H,19-23H2,1-3H3/t35-/m0/s1. The van der Waals surface area contributed by atoms with Crippen LogP contribution in [0, 0.1) is 5.41 Å². The van der Waals surface area contributed by atoms with Crippen molar-refractivity contribution in [3.8, 4) is 0 Å². The molecule has 6 heteroatoms. The first-order valence-electron chi connectivity index (χ1n) is 13.8. The number of hydrogen-bond acceptors (Lipinski definition) is 6. The second-order valence-corrected chi connectivity index (χ2v) is 10.9. The van der Waals surface area contributed by atoms with Gasteiger partial charge in [-0.1, -0.05) is 96.6 Å². The normalized spacial score (nSPS) is 19.4. The number of benzene rings is 3. The topological polar surface area (TPSA) is 78.9 Å². The van der Waals surface area contributed by atoms with Crippen LogP contribution in [-0.2, 0) is 47.2 Å². The van der Waals surface area contributed by atoms with Gasteiger partial charge in [-0.3, -0.25) is 14.4 Å². The molecule has 0 amide bonds. The Bertz CT molecular complexity index is 1450. The molecule has 0 aliphatic heterocycles. The Morgan fingerprint density at radius 1 is 0.634 bits per heavy atom. The van der Waals surface area contributed by atoms with E-state index >= 15 is 0 Å². The van der Waals surface area contributed by atoms with E-state index in [1.807, 2.05) is 105 Å². The molecule has 1 fully saturated rings. The number of esters is 3. The molecule has 2 aliphatic rings. The lowest BCUT2D eigenvalue weighted by molar-refractivity contribution is -0.173. The van der Waals surface area contributed by atoms with Crippen molar-refractivity contribution in [2.45, 2.75) is 51.7 Å². The summed E-state index contributed by atoms with van der Waals surface area (Å²) in [6.45, 7) is 3.95. The lowest BCUT2D eigenvalue weighted by Crippen LogP contribution is -2.41. The Labute approximate surface area is 240 Å². The molecule has 5 rings (SSSR count). The largest absolute Gasteiger partial charge is 0.468 e. The van der Waals surface area contributed by atoms with Crippen LogP contribution in [0.15, 0.2) is 113 Å². The zero-order chi connectivity index (χ0) is 29.0. The molecule has 3 aromatic rings. The van der Waals surface area contributed by atoms with E-state index < -0.39 is 22.8 Å². The van der Waals surface area contributed by atoms with Gasteiger partial charge in [0.05, 0.1) is 7.11 Å². The lowest BCUT2D eigenvalue weighted by atomic mass is 9.65. The summed E-state index contributed by atoms with van der Waals surface area (Å²) >= 11 is 0. The van der Waals surface area contributed by atoms with Gasteiger partial charge in [0.2, 0.25) is 0 Å². The summed E-state index contributed by atoms with van der Waals surface area (Å²) in [6, 6.07) is 28.3. The Kier molecular flexibility index (Phi) is 7.93. The molecule has 0 saturated heterocycles. The second kappa shape index (κ2) is 11.6. The van der Waals surface area contributed by atoms with Crippen molar-refractivity contribution in [3.63, 3.8) is 0 Å². The van der Waals surface area contributed by atoms with Crippen LogP contribution in [0.25, 0.3) is 0 Å². The molecule has 0 bridgehead atoms. The van der Waals surface area contributed by atoms with Gasteiger partial charge < -0.3 is 14.2 Å². The van der Waals surface area contributed by atoms with E-state index in [-0.39, 0.29) is 32.0 Å². The number of rotatable bonds is 8. The van der Waals surface area contributed by atoms with Crippen LogP contribution in [0.3, 0.4) is 0 Å². The van der Waals surface area contributed by atoms with Gasteiger partial charge in [0.25, 0.3) is 0 Å². The summed E-state index contributed by atoms with van der Waals surface area (Å²) in [6.07, 6.45) is 0.625. The maximum Gasteiger partial charge on any atom is 0.324 e. The van der Waals surface area contributed by atoms with Gasteiger partial charge in [-0.2, -0.15) is 0 Å². The Morgan fingerprint density at radius 3 is 1.59 bits per heavy atom. The van der Waals surface area contributed by atoms with E-state index in [9.17, 15) is 14.4 Å². The first-order chi connectivity index (χ1) is 19.8. The fraction of sp³-hybridized carbons (Fsp3) is 0.286. The molecule has 1 atom stereocenters. The molecule has 210 valence electrons. The molecule has 0 aromatic heterocycles. The van der Waals surface area contributed by atoms with Crippen molar-refractivity contribution in [3.05, 3.63) is 130 Å². The van der Waals surface area contributed by atoms with Crippen LogP contribution in [0.5, 0.6) is 0 Å². The number of ether oxygens (including phenoxy) is 3. The molecule has 3 aromatic carbocycles. The molecule has 41 heavy (non-hydrogen) atoms. The van der Waals surface area contributed by atoms with E-state index in [1.54, 1.807) is 0 Å². The maximum atomic E-state index is 13.9. The van der Waals surface area contributed by atoms with Crippen molar-refractivity contribution in [1.29, 1.82) is 0 Å². The fourth-order valence-corrected chi connectivity index (χ4v) is 6.19. The average molecular weight is 551 g/mol. The summed E-state index contributed by atoms with van der Waals surface area (Å²) in [4.78, 5) is 41.3. The van der Waals surface area contributed by atoms with Crippen molar-refractivity contribution >= 4 is 17.9 Å².